The van der Waals surface area contributed by atoms with Gasteiger partial charge in [-0.25, -0.2) is 0 Å². The minimum atomic E-state index is -0.573. The third-order valence-electron chi connectivity index (χ3n) is 3.68. The van der Waals surface area contributed by atoms with Crippen LogP contribution in [0.3, 0.4) is 0 Å². The van der Waals surface area contributed by atoms with Gasteiger partial charge in [-0.05, 0) is 42.2 Å². The van der Waals surface area contributed by atoms with Crippen molar-refractivity contribution in [2.75, 3.05) is 13.1 Å². The quantitative estimate of drug-likeness (QED) is 0.908. The molecule has 2 heterocycles. The van der Waals surface area contributed by atoms with Crippen LogP contribution in [0, 0.1) is 0 Å². The highest BCUT2D eigenvalue weighted by Crippen LogP contribution is 2.36. The summed E-state index contributed by atoms with van der Waals surface area (Å²) in [7, 11) is 0. The Kier molecular flexibility index (Phi) is 4.20. The molecule has 1 saturated carbocycles. The molecule has 1 amide bonds. The van der Waals surface area contributed by atoms with E-state index in [1.807, 2.05) is 17.2 Å². The molecule has 19 heavy (non-hydrogen) atoms. The number of ether oxygens (including phenoxy) is 1. The molecule has 1 aromatic heterocycles. The number of hydrogen-bond donors (Lipinski definition) is 1. The van der Waals surface area contributed by atoms with Crippen LogP contribution in [0.25, 0.3) is 0 Å². The zero-order chi connectivity index (χ0) is 12.8. The predicted octanol–water partition coefficient (Wildman–Crippen LogP) is 1.95. The summed E-state index contributed by atoms with van der Waals surface area (Å²) in [6, 6.07) is 2.06. The fourth-order valence-electron chi connectivity index (χ4n) is 2.42. The van der Waals surface area contributed by atoms with Gasteiger partial charge in [0.05, 0.1) is 18.2 Å². The lowest BCUT2D eigenvalue weighted by atomic mass is 10.1. The normalized spacial score (nSPS) is 28.6. The molecule has 1 aliphatic carbocycles. The number of carbonyl (C=O) groups excluding carboxylic acids is 1. The molecule has 3 rings (SSSR count). The summed E-state index contributed by atoms with van der Waals surface area (Å²) < 4.78 is 5.92. The maximum atomic E-state index is 12.3. The third-order valence-corrected chi connectivity index (χ3v) is 4.38. The lowest BCUT2D eigenvalue weighted by Gasteiger charge is -2.37. The predicted molar refractivity (Wildman–Crippen MR) is 77.6 cm³/mol. The van der Waals surface area contributed by atoms with Gasteiger partial charge in [0.2, 0.25) is 5.91 Å². The van der Waals surface area contributed by atoms with E-state index in [4.69, 9.17) is 10.5 Å². The van der Waals surface area contributed by atoms with E-state index >= 15 is 0 Å². The Labute approximate surface area is 123 Å². The fraction of sp³-hybridized carbons (Fsp3) is 0.615. The number of amides is 1. The molecule has 106 valence electrons. The van der Waals surface area contributed by atoms with Gasteiger partial charge in [-0.1, -0.05) is 0 Å². The van der Waals surface area contributed by atoms with Crippen molar-refractivity contribution < 1.29 is 9.53 Å². The van der Waals surface area contributed by atoms with Crippen LogP contribution in [0.2, 0.25) is 0 Å². The van der Waals surface area contributed by atoms with Crippen molar-refractivity contribution in [1.29, 1.82) is 0 Å². The van der Waals surface area contributed by atoms with Gasteiger partial charge in [-0.15, -0.1) is 12.4 Å². The Morgan fingerprint density at radius 1 is 1.53 bits per heavy atom. The summed E-state index contributed by atoms with van der Waals surface area (Å²) in [6.45, 7) is 3.28. The van der Waals surface area contributed by atoms with Crippen molar-refractivity contribution >= 4 is 29.7 Å². The van der Waals surface area contributed by atoms with E-state index in [0.717, 1.165) is 18.4 Å². The van der Waals surface area contributed by atoms with Gasteiger partial charge in [0.25, 0.3) is 0 Å². The van der Waals surface area contributed by atoms with Crippen LogP contribution in [0.4, 0.5) is 0 Å². The van der Waals surface area contributed by atoms with Crippen LogP contribution in [0.15, 0.2) is 16.8 Å². The third kappa shape index (κ3) is 2.94. The molecule has 0 radical (unpaired) electrons. The number of halogens is 1. The smallest absolute Gasteiger partial charge is 0.242 e. The largest absolute Gasteiger partial charge is 0.367 e. The summed E-state index contributed by atoms with van der Waals surface area (Å²) in [5.41, 5.74) is 6.59. The first-order valence-corrected chi connectivity index (χ1v) is 7.28. The van der Waals surface area contributed by atoms with Gasteiger partial charge in [0.15, 0.2) is 0 Å². The van der Waals surface area contributed by atoms with Gasteiger partial charge in [0, 0.05) is 6.54 Å². The topological polar surface area (TPSA) is 55.6 Å². The first-order valence-electron chi connectivity index (χ1n) is 6.34. The Balaban J connectivity index is 0.00000133. The minimum absolute atomic E-state index is 0. The van der Waals surface area contributed by atoms with Gasteiger partial charge in [-0.2, -0.15) is 11.3 Å². The molecule has 2 atom stereocenters. The van der Waals surface area contributed by atoms with Crippen LogP contribution in [0.5, 0.6) is 0 Å². The van der Waals surface area contributed by atoms with Crippen LogP contribution in [0.1, 0.15) is 31.4 Å². The zero-order valence-electron chi connectivity index (χ0n) is 10.9. The molecule has 0 bridgehead atoms. The SMILES string of the molecule is CC1CN(C(=O)C2(N)CC2)CC(c2ccsc2)O1.Cl. The molecule has 1 aliphatic heterocycles. The number of hydrogen-bond acceptors (Lipinski definition) is 4. The molecule has 1 saturated heterocycles. The van der Waals surface area contributed by atoms with E-state index in [-0.39, 0.29) is 30.5 Å². The number of morpholine rings is 1. The molecule has 1 aromatic rings. The fourth-order valence-corrected chi connectivity index (χ4v) is 3.12. The Hall–Kier alpha value is -0.620. The van der Waals surface area contributed by atoms with Gasteiger partial charge in [0.1, 0.15) is 6.10 Å². The number of rotatable bonds is 2. The number of nitrogens with two attached hydrogens (primary N) is 1. The monoisotopic (exact) mass is 302 g/mol. The molecule has 2 aliphatic rings. The van der Waals surface area contributed by atoms with E-state index in [9.17, 15) is 4.79 Å². The molecule has 0 spiro atoms. The van der Waals surface area contributed by atoms with Crippen molar-refractivity contribution in [3.8, 4) is 0 Å². The number of carbonyl (C=O) groups is 1. The average molecular weight is 303 g/mol. The molecule has 2 N–H and O–H groups in total. The van der Waals surface area contributed by atoms with Gasteiger partial charge >= 0.3 is 0 Å². The second-order valence-electron chi connectivity index (χ2n) is 5.36. The Morgan fingerprint density at radius 2 is 2.26 bits per heavy atom. The molecule has 0 aromatic carbocycles. The maximum absolute atomic E-state index is 12.3. The number of thiophene rings is 1. The second kappa shape index (κ2) is 5.40. The molecular formula is C13H19ClN2O2S. The van der Waals surface area contributed by atoms with E-state index in [1.54, 1.807) is 11.3 Å². The highest BCUT2D eigenvalue weighted by atomic mass is 35.5. The summed E-state index contributed by atoms with van der Waals surface area (Å²) in [6.07, 6.45) is 1.70. The first-order chi connectivity index (χ1) is 8.58. The van der Waals surface area contributed by atoms with E-state index < -0.39 is 5.54 Å². The van der Waals surface area contributed by atoms with Crippen molar-refractivity contribution in [1.82, 2.24) is 4.90 Å². The van der Waals surface area contributed by atoms with Crippen LogP contribution >= 0.6 is 23.7 Å². The minimum Gasteiger partial charge on any atom is -0.367 e. The first kappa shape index (κ1) is 14.8. The Bertz CT molecular complexity index is 448. The van der Waals surface area contributed by atoms with Crippen molar-refractivity contribution in [2.45, 2.75) is 37.5 Å². The van der Waals surface area contributed by atoms with Crippen LogP contribution < -0.4 is 5.73 Å². The van der Waals surface area contributed by atoms with Gasteiger partial charge in [-0.3, -0.25) is 4.79 Å². The van der Waals surface area contributed by atoms with Crippen molar-refractivity contribution in [3.63, 3.8) is 0 Å². The maximum Gasteiger partial charge on any atom is 0.242 e. The average Bonchev–Trinajstić information content (AvgIpc) is 2.91. The summed E-state index contributed by atoms with van der Waals surface area (Å²) in [5, 5.41) is 4.12. The van der Waals surface area contributed by atoms with Crippen LogP contribution in [-0.2, 0) is 9.53 Å². The van der Waals surface area contributed by atoms with E-state index in [0.29, 0.717) is 13.1 Å². The van der Waals surface area contributed by atoms with Crippen molar-refractivity contribution in [2.24, 2.45) is 5.73 Å². The second-order valence-corrected chi connectivity index (χ2v) is 6.14. The molecule has 6 heteroatoms. The molecule has 2 unspecified atom stereocenters. The van der Waals surface area contributed by atoms with Crippen molar-refractivity contribution in [3.05, 3.63) is 22.4 Å². The van der Waals surface area contributed by atoms with E-state index in [2.05, 4.69) is 11.4 Å². The van der Waals surface area contributed by atoms with Crippen LogP contribution in [-0.4, -0.2) is 35.5 Å². The highest BCUT2D eigenvalue weighted by molar-refractivity contribution is 7.07. The lowest BCUT2D eigenvalue weighted by molar-refractivity contribution is -0.147. The number of nitrogens with zero attached hydrogens (tertiary/aromatic N) is 1. The summed E-state index contributed by atoms with van der Waals surface area (Å²) >= 11 is 1.65. The Morgan fingerprint density at radius 3 is 2.84 bits per heavy atom. The zero-order valence-corrected chi connectivity index (χ0v) is 12.5. The summed E-state index contributed by atoms with van der Waals surface area (Å²) in [5.74, 6) is 0.0953. The standard InChI is InChI=1S/C13H18N2O2S.ClH/c1-9-6-15(12(16)13(14)3-4-13)7-11(17-9)10-2-5-18-8-10;/h2,5,8-9,11H,3-4,6-7,14H2,1H3;1H. The lowest BCUT2D eigenvalue weighted by Crippen LogP contribution is -2.52. The van der Waals surface area contributed by atoms with Gasteiger partial charge < -0.3 is 15.4 Å². The highest BCUT2D eigenvalue weighted by Gasteiger charge is 2.49. The summed E-state index contributed by atoms with van der Waals surface area (Å²) in [4.78, 5) is 14.2. The van der Waals surface area contributed by atoms with E-state index in [1.165, 1.54) is 0 Å². The molecule has 2 fully saturated rings. The molecule has 4 nitrogen and oxygen atoms in total. The molecular weight excluding hydrogens is 284 g/mol.